The van der Waals surface area contributed by atoms with Crippen LogP contribution in [-0.4, -0.2) is 25.1 Å². The van der Waals surface area contributed by atoms with Gasteiger partial charge in [0.15, 0.2) is 0 Å². The van der Waals surface area contributed by atoms with Gasteiger partial charge >= 0.3 is 0 Å². The van der Waals surface area contributed by atoms with Crippen molar-refractivity contribution in [1.29, 1.82) is 0 Å². The largest absolute Gasteiger partial charge is 0.494 e. The van der Waals surface area contributed by atoms with Crippen molar-refractivity contribution in [2.24, 2.45) is 11.7 Å². The first-order valence-corrected chi connectivity index (χ1v) is 6.80. The van der Waals surface area contributed by atoms with E-state index in [0.717, 1.165) is 17.7 Å². The van der Waals surface area contributed by atoms with E-state index in [4.69, 9.17) is 10.5 Å². The fourth-order valence-electron chi connectivity index (χ4n) is 1.73. The Kier molecular flexibility index (Phi) is 9.01. The predicted molar refractivity (Wildman–Crippen MR) is 84.4 cm³/mol. The Hall–Kier alpha value is -1.26. The van der Waals surface area contributed by atoms with Gasteiger partial charge in [-0.3, -0.25) is 4.79 Å². The van der Waals surface area contributed by atoms with Crippen LogP contribution in [0.15, 0.2) is 24.3 Å². The summed E-state index contributed by atoms with van der Waals surface area (Å²) in [7, 11) is 0. The number of nitrogens with two attached hydrogens (primary N) is 1. The van der Waals surface area contributed by atoms with Crippen molar-refractivity contribution in [3.8, 4) is 5.75 Å². The summed E-state index contributed by atoms with van der Waals surface area (Å²) in [5.74, 6) is 0.727. The molecule has 0 radical (unpaired) electrons. The first kappa shape index (κ1) is 18.7. The van der Waals surface area contributed by atoms with Crippen LogP contribution < -0.4 is 15.8 Å². The summed E-state index contributed by atoms with van der Waals surface area (Å²) in [6.07, 6.45) is 0.758. The number of halogens is 1. The van der Waals surface area contributed by atoms with E-state index in [-0.39, 0.29) is 30.3 Å². The highest BCUT2D eigenvalue weighted by molar-refractivity contribution is 5.85. The minimum atomic E-state index is -0.165. The summed E-state index contributed by atoms with van der Waals surface area (Å²) < 4.78 is 5.55. The maximum absolute atomic E-state index is 11.8. The van der Waals surface area contributed by atoms with Crippen LogP contribution in [0.3, 0.4) is 0 Å². The number of para-hydroxylation sites is 1. The fraction of sp³-hybridized carbons (Fsp3) is 0.533. The number of hydrogen-bond donors (Lipinski definition) is 2. The van der Waals surface area contributed by atoms with E-state index in [9.17, 15) is 4.79 Å². The zero-order valence-electron chi connectivity index (χ0n) is 12.4. The van der Waals surface area contributed by atoms with Gasteiger partial charge in [-0.25, -0.2) is 0 Å². The number of rotatable bonds is 7. The van der Waals surface area contributed by atoms with Gasteiger partial charge in [0.2, 0.25) is 5.91 Å². The van der Waals surface area contributed by atoms with E-state index in [1.807, 2.05) is 45.0 Å². The molecule has 0 spiro atoms. The molecule has 0 saturated carbocycles. The van der Waals surface area contributed by atoms with E-state index in [1.54, 1.807) is 0 Å². The van der Waals surface area contributed by atoms with Crippen LogP contribution in [0.1, 0.15) is 26.3 Å². The minimum absolute atomic E-state index is 0. The predicted octanol–water partition coefficient (Wildman–Crippen LogP) is 2.15. The van der Waals surface area contributed by atoms with Crippen molar-refractivity contribution in [3.63, 3.8) is 0 Å². The number of hydrogen-bond acceptors (Lipinski definition) is 3. The summed E-state index contributed by atoms with van der Waals surface area (Å²) in [6.45, 7) is 6.89. The van der Waals surface area contributed by atoms with Crippen LogP contribution in [0.4, 0.5) is 0 Å². The zero-order valence-corrected chi connectivity index (χ0v) is 13.2. The average molecular weight is 301 g/mol. The highest BCUT2D eigenvalue weighted by Gasteiger charge is 2.16. The molecule has 5 heteroatoms. The molecule has 0 saturated heterocycles. The Morgan fingerprint density at radius 3 is 2.60 bits per heavy atom. The molecule has 4 nitrogen and oxygen atoms in total. The quantitative estimate of drug-likeness (QED) is 0.811. The Labute approximate surface area is 127 Å². The van der Waals surface area contributed by atoms with E-state index in [1.165, 1.54) is 0 Å². The Morgan fingerprint density at radius 1 is 1.35 bits per heavy atom. The Morgan fingerprint density at radius 2 is 2.00 bits per heavy atom. The Bertz CT molecular complexity index is 411. The zero-order chi connectivity index (χ0) is 14.3. The monoisotopic (exact) mass is 300 g/mol. The second-order valence-electron chi connectivity index (χ2n) is 4.73. The third-order valence-corrected chi connectivity index (χ3v) is 3.17. The molecule has 20 heavy (non-hydrogen) atoms. The number of carbonyl (C=O) groups excluding carboxylic acids is 1. The number of carbonyl (C=O) groups is 1. The van der Waals surface area contributed by atoms with E-state index in [0.29, 0.717) is 13.2 Å². The lowest BCUT2D eigenvalue weighted by molar-refractivity contribution is -0.124. The molecule has 0 heterocycles. The second-order valence-corrected chi connectivity index (χ2v) is 4.73. The number of amides is 1. The highest BCUT2D eigenvalue weighted by Crippen LogP contribution is 2.18. The van der Waals surface area contributed by atoms with Crippen LogP contribution in [0.25, 0.3) is 0 Å². The van der Waals surface area contributed by atoms with Crippen molar-refractivity contribution in [1.82, 2.24) is 5.32 Å². The minimum Gasteiger partial charge on any atom is -0.494 e. The summed E-state index contributed by atoms with van der Waals surface area (Å²) in [6, 6.07) is 7.77. The molecule has 1 amide bonds. The molecular weight excluding hydrogens is 276 g/mol. The topological polar surface area (TPSA) is 64.3 Å². The van der Waals surface area contributed by atoms with E-state index < -0.39 is 0 Å². The SMILES string of the molecule is CCOc1ccccc1CCNC(=O)C(C)C(C)N.Cl. The van der Waals surface area contributed by atoms with Crippen LogP contribution in [0.2, 0.25) is 0 Å². The lowest BCUT2D eigenvalue weighted by Gasteiger charge is -2.16. The fourth-order valence-corrected chi connectivity index (χ4v) is 1.73. The molecule has 3 N–H and O–H groups in total. The molecular formula is C15H25ClN2O2. The van der Waals surface area contributed by atoms with Gasteiger partial charge in [0, 0.05) is 18.5 Å². The first-order chi connectivity index (χ1) is 9.06. The smallest absolute Gasteiger partial charge is 0.224 e. The van der Waals surface area contributed by atoms with Gasteiger partial charge in [-0.05, 0) is 31.9 Å². The van der Waals surface area contributed by atoms with Crippen molar-refractivity contribution < 1.29 is 9.53 Å². The maximum Gasteiger partial charge on any atom is 0.224 e. The standard InChI is InChI=1S/C15H24N2O2.ClH/c1-4-19-14-8-6-5-7-13(14)9-10-17-15(18)11(2)12(3)16;/h5-8,11-12H,4,9-10,16H2,1-3H3,(H,17,18);1H. The van der Waals surface area contributed by atoms with Gasteiger partial charge in [0.1, 0.15) is 5.75 Å². The van der Waals surface area contributed by atoms with Crippen LogP contribution >= 0.6 is 12.4 Å². The molecule has 2 unspecified atom stereocenters. The van der Waals surface area contributed by atoms with Crippen LogP contribution in [0.5, 0.6) is 5.75 Å². The van der Waals surface area contributed by atoms with Crippen molar-refractivity contribution in [2.75, 3.05) is 13.2 Å². The second kappa shape index (κ2) is 9.61. The summed E-state index contributed by atoms with van der Waals surface area (Å²) in [5.41, 5.74) is 6.81. The molecule has 1 rings (SSSR count). The number of benzene rings is 1. The first-order valence-electron chi connectivity index (χ1n) is 6.80. The van der Waals surface area contributed by atoms with Gasteiger partial charge in [0.05, 0.1) is 6.61 Å². The van der Waals surface area contributed by atoms with Gasteiger partial charge in [-0.15, -0.1) is 12.4 Å². The number of nitrogens with one attached hydrogen (secondary N) is 1. The third-order valence-electron chi connectivity index (χ3n) is 3.17. The summed E-state index contributed by atoms with van der Waals surface area (Å²) in [5, 5.41) is 2.91. The molecule has 0 bridgehead atoms. The molecule has 1 aromatic rings. The summed E-state index contributed by atoms with van der Waals surface area (Å²) in [4.78, 5) is 11.8. The van der Waals surface area contributed by atoms with Gasteiger partial charge in [0.25, 0.3) is 0 Å². The lowest BCUT2D eigenvalue weighted by Crippen LogP contribution is -2.39. The average Bonchev–Trinajstić information content (AvgIpc) is 2.39. The van der Waals surface area contributed by atoms with Crippen LogP contribution in [-0.2, 0) is 11.2 Å². The van der Waals surface area contributed by atoms with Gasteiger partial charge in [-0.2, -0.15) is 0 Å². The third kappa shape index (κ3) is 5.80. The molecule has 0 aliphatic rings. The van der Waals surface area contributed by atoms with Gasteiger partial charge in [-0.1, -0.05) is 25.1 Å². The molecule has 2 atom stereocenters. The Balaban J connectivity index is 0.00000361. The number of ether oxygens (including phenoxy) is 1. The van der Waals surface area contributed by atoms with Crippen molar-refractivity contribution >= 4 is 18.3 Å². The molecule has 0 aromatic heterocycles. The van der Waals surface area contributed by atoms with Crippen molar-refractivity contribution in [3.05, 3.63) is 29.8 Å². The molecule has 0 aliphatic heterocycles. The van der Waals surface area contributed by atoms with Gasteiger partial charge < -0.3 is 15.8 Å². The van der Waals surface area contributed by atoms with E-state index >= 15 is 0 Å². The van der Waals surface area contributed by atoms with E-state index in [2.05, 4.69) is 5.32 Å². The normalized spacial score (nSPS) is 13.0. The van der Waals surface area contributed by atoms with Crippen molar-refractivity contribution in [2.45, 2.75) is 33.2 Å². The molecule has 1 aromatic carbocycles. The summed E-state index contributed by atoms with van der Waals surface area (Å²) >= 11 is 0. The van der Waals surface area contributed by atoms with Crippen LogP contribution in [0, 0.1) is 5.92 Å². The highest BCUT2D eigenvalue weighted by atomic mass is 35.5. The molecule has 0 aliphatic carbocycles. The lowest BCUT2D eigenvalue weighted by atomic mass is 10.0. The maximum atomic E-state index is 11.8. The molecule has 114 valence electrons. The molecule has 0 fully saturated rings.